The summed E-state index contributed by atoms with van der Waals surface area (Å²) >= 11 is 0. The first-order chi connectivity index (χ1) is 24.2. The Labute approximate surface area is 278 Å². The molecule has 11 aromatic rings. The van der Waals surface area contributed by atoms with E-state index in [1.54, 1.807) is 0 Å². The van der Waals surface area contributed by atoms with E-state index in [0.717, 1.165) is 88.3 Å². The average molecular weight is 629 g/mol. The van der Waals surface area contributed by atoms with Crippen LogP contribution in [0.3, 0.4) is 0 Å². The van der Waals surface area contributed by atoms with Crippen molar-refractivity contribution in [1.29, 1.82) is 0 Å². The van der Waals surface area contributed by atoms with Crippen LogP contribution in [0.1, 0.15) is 0 Å². The average Bonchev–Trinajstić information content (AvgIpc) is 3.85. The summed E-state index contributed by atoms with van der Waals surface area (Å²) in [6.45, 7) is 0. The van der Waals surface area contributed by atoms with Crippen molar-refractivity contribution in [2.75, 3.05) is 0 Å². The summed E-state index contributed by atoms with van der Waals surface area (Å²) in [6.07, 6.45) is 0. The quantitative estimate of drug-likeness (QED) is 0.195. The van der Waals surface area contributed by atoms with Gasteiger partial charge in [0.2, 0.25) is 0 Å². The summed E-state index contributed by atoms with van der Waals surface area (Å²) in [5, 5.41) is 7.46. The van der Waals surface area contributed by atoms with E-state index in [-0.39, 0.29) is 0 Å². The zero-order valence-corrected chi connectivity index (χ0v) is 26.0. The second kappa shape index (κ2) is 9.89. The van der Waals surface area contributed by atoms with Crippen molar-refractivity contribution >= 4 is 76.7 Å². The maximum Gasteiger partial charge on any atom is 0.180 e. The lowest BCUT2D eigenvalue weighted by Gasteiger charge is -2.08. The normalized spacial score (nSPS) is 12.1. The summed E-state index contributed by atoms with van der Waals surface area (Å²) < 4.78 is 19.1. The van der Waals surface area contributed by atoms with Gasteiger partial charge >= 0.3 is 0 Å². The molecule has 0 N–H and O–H groups in total. The van der Waals surface area contributed by atoms with Crippen LogP contribution in [0.2, 0.25) is 0 Å². The van der Waals surface area contributed by atoms with Crippen molar-refractivity contribution in [3.8, 4) is 33.8 Å². The van der Waals surface area contributed by atoms with Crippen molar-refractivity contribution in [1.82, 2.24) is 9.97 Å². The molecule has 0 amide bonds. The molecule has 5 nitrogen and oxygen atoms in total. The van der Waals surface area contributed by atoms with E-state index in [2.05, 4.69) is 84.9 Å². The molecule has 0 atom stereocenters. The Kier molecular flexibility index (Phi) is 5.32. The Morgan fingerprint density at radius 2 is 1.02 bits per heavy atom. The van der Waals surface area contributed by atoms with Gasteiger partial charge in [0.1, 0.15) is 39.1 Å². The van der Waals surface area contributed by atoms with Crippen LogP contribution in [0, 0.1) is 0 Å². The van der Waals surface area contributed by atoms with Gasteiger partial charge in [-0.15, -0.1) is 0 Å². The third kappa shape index (κ3) is 3.93. The zero-order valence-electron chi connectivity index (χ0n) is 26.0. The van der Waals surface area contributed by atoms with Crippen molar-refractivity contribution in [3.05, 3.63) is 146 Å². The topological polar surface area (TPSA) is 65.2 Å². The smallest absolute Gasteiger partial charge is 0.180 e. The molecule has 0 unspecified atom stereocenters. The van der Waals surface area contributed by atoms with Gasteiger partial charge in [-0.3, -0.25) is 0 Å². The molecule has 0 aliphatic carbocycles. The lowest BCUT2D eigenvalue weighted by Crippen LogP contribution is -1.94. The Morgan fingerprint density at radius 3 is 1.92 bits per heavy atom. The Hall–Kier alpha value is -6.72. The van der Waals surface area contributed by atoms with Gasteiger partial charge in [0.05, 0.1) is 0 Å². The molecule has 0 spiro atoms. The van der Waals surface area contributed by atoms with Crippen LogP contribution in [-0.2, 0) is 0 Å². The highest BCUT2D eigenvalue weighted by Gasteiger charge is 2.22. The molecule has 5 heteroatoms. The Bertz CT molecular complexity index is 3130. The molecule has 0 radical (unpaired) electrons. The van der Waals surface area contributed by atoms with E-state index in [0.29, 0.717) is 11.4 Å². The molecule has 11 rings (SSSR count). The van der Waals surface area contributed by atoms with Crippen LogP contribution in [0.25, 0.3) is 110 Å². The lowest BCUT2D eigenvalue weighted by molar-refractivity contribution is 0.666. The first-order valence-electron chi connectivity index (χ1n) is 16.3. The summed E-state index contributed by atoms with van der Waals surface area (Å²) in [5.41, 5.74) is 10.3. The number of para-hydroxylation sites is 2. The molecule has 0 saturated carbocycles. The highest BCUT2D eigenvalue weighted by Crippen LogP contribution is 2.42. The summed E-state index contributed by atoms with van der Waals surface area (Å²) in [4.78, 5) is 10.5. The second-order valence-electron chi connectivity index (χ2n) is 12.5. The fourth-order valence-corrected chi connectivity index (χ4v) is 7.34. The van der Waals surface area contributed by atoms with Gasteiger partial charge in [-0.2, -0.15) is 0 Å². The van der Waals surface area contributed by atoms with Crippen molar-refractivity contribution in [2.24, 2.45) is 0 Å². The molecule has 4 heterocycles. The highest BCUT2D eigenvalue weighted by molar-refractivity contribution is 6.14. The van der Waals surface area contributed by atoms with E-state index in [1.807, 2.05) is 60.7 Å². The highest BCUT2D eigenvalue weighted by atomic mass is 16.3. The van der Waals surface area contributed by atoms with Gasteiger partial charge in [-0.25, -0.2) is 9.97 Å². The van der Waals surface area contributed by atoms with Crippen molar-refractivity contribution in [3.63, 3.8) is 0 Å². The van der Waals surface area contributed by atoms with Crippen LogP contribution in [0.5, 0.6) is 0 Å². The first-order valence-corrected chi connectivity index (χ1v) is 16.3. The number of fused-ring (bicyclic) bond motifs is 10. The fraction of sp³-hybridized carbons (Fsp3) is 0. The van der Waals surface area contributed by atoms with E-state index in [9.17, 15) is 0 Å². The molecule has 7 aromatic carbocycles. The number of aromatic nitrogens is 2. The van der Waals surface area contributed by atoms with Crippen LogP contribution in [0.15, 0.2) is 159 Å². The molecular formula is C44H24N2O3. The van der Waals surface area contributed by atoms with E-state index >= 15 is 0 Å². The van der Waals surface area contributed by atoms with Crippen LogP contribution >= 0.6 is 0 Å². The molecule has 0 bridgehead atoms. The number of hydrogen-bond acceptors (Lipinski definition) is 5. The summed E-state index contributed by atoms with van der Waals surface area (Å²) in [7, 11) is 0. The number of furan rings is 3. The maximum absolute atomic E-state index is 6.48. The van der Waals surface area contributed by atoms with Crippen LogP contribution in [0.4, 0.5) is 0 Å². The van der Waals surface area contributed by atoms with Gasteiger partial charge in [-0.05, 0) is 82.6 Å². The predicted molar refractivity (Wildman–Crippen MR) is 198 cm³/mol. The summed E-state index contributed by atoms with van der Waals surface area (Å²) in [5.74, 6) is 0.607. The second-order valence-corrected chi connectivity index (χ2v) is 12.5. The molecule has 0 aliphatic heterocycles. The number of rotatable bonds is 3. The van der Waals surface area contributed by atoms with Gasteiger partial charge in [-0.1, -0.05) is 84.9 Å². The third-order valence-corrected chi connectivity index (χ3v) is 9.69. The minimum absolute atomic E-state index is 0.607. The summed E-state index contributed by atoms with van der Waals surface area (Å²) in [6, 6.07) is 49.9. The molecule has 0 saturated heterocycles. The zero-order chi connectivity index (χ0) is 32.1. The minimum Gasteiger partial charge on any atom is -0.456 e. The largest absolute Gasteiger partial charge is 0.456 e. The Morgan fingerprint density at radius 1 is 0.388 bits per heavy atom. The first kappa shape index (κ1) is 26.4. The molecule has 228 valence electrons. The monoisotopic (exact) mass is 628 g/mol. The van der Waals surface area contributed by atoms with Crippen LogP contribution < -0.4 is 0 Å². The number of nitrogens with zero attached hydrogens (tertiary/aromatic N) is 2. The van der Waals surface area contributed by atoms with E-state index in [1.165, 1.54) is 10.8 Å². The minimum atomic E-state index is 0.607. The van der Waals surface area contributed by atoms with Crippen molar-refractivity contribution in [2.45, 2.75) is 0 Å². The van der Waals surface area contributed by atoms with E-state index in [4.69, 9.17) is 23.2 Å². The molecule has 0 fully saturated rings. The van der Waals surface area contributed by atoms with Gasteiger partial charge in [0, 0.05) is 38.1 Å². The van der Waals surface area contributed by atoms with Gasteiger partial charge < -0.3 is 13.3 Å². The SMILES string of the molecule is c1ccc2cc(-c3ccc4oc5cccc(-c6nc(-c7ccc8oc9ccccc9c8c7)c7oc8ccccc8c7n6)c5c4c3)ccc2c1. The molecule has 4 aromatic heterocycles. The molecular weight excluding hydrogens is 604 g/mol. The van der Waals surface area contributed by atoms with Crippen molar-refractivity contribution < 1.29 is 13.3 Å². The fourth-order valence-electron chi connectivity index (χ4n) is 7.34. The molecule has 49 heavy (non-hydrogen) atoms. The van der Waals surface area contributed by atoms with E-state index < -0.39 is 0 Å². The molecule has 0 aliphatic rings. The lowest BCUT2D eigenvalue weighted by atomic mass is 9.98. The number of hydrogen-bond donors (Lipinski definition) is 0. The van der Waals surface area contributed by atoms with Crippen LogP contribution in [-0.4, -0.2) is 9.97 Å². The Balaban J connectivity index is 1.17. The van der Waals surface area contributed by atoms with Gasteiger partial charge in [0.15, 0.2) is 11.4 Å². The third-order valence-electron chi connectivity index (χ3n) is 9.69. The predicted octanol–water partition coefficient (Wildman–Crippen LogP) is 12.3. The van der Waals surface area contributed by atoms with Gasteiger partial charge in [0.25, 0.3) is 0 Å². The number of benzene rings is 7. The standard InChI is InChI=1S/C44H24N2O3/c1-2-9-26-22-27(17-16-25(26)8-1)28-18-20-38-34(23-28)40-32(12-7-15-39(40)48-38)44-45-41(43-42(46-44)31-11-4-6-14-36(31)49-43)29-19-21-37-33(24-29)30-10-3-5-13-35(30)47-37/h1-24H. The maximum atomic E-state index is 6.48.